The zero-order chi connectivity index (χ0) is 9.84. The molecular weight excluding hydrogens is 172 g/mol. The summed E-state index contributed by atoms with van der Waals surface area (Å²) >= 11 is 0. The van der Waals surface area contributed by atoms with Gasteiger partial charge in [0.25, 0.3) is 0 Å². The van der Waals surface area contributed by atoms with Gasteiger partial charge in [-0.15, -0.1) is 0 Å². The standard InChI is InChI=1S/C9H12O4/c10-3-1-2-7-8(12)4-6(11)5-9(7)13/h4-5,10-13H,1-3H2. The molecule has 0 radical (unpaired) electrons. The van der Waals surface area contributed by atoms with Crippen LogP contribution >= 0.6 is 0 Å². The average molecular weight is 184 g/mol. The fourth-order valence-corrected chi connectivity index (χ4v) is 1.14. The number of phenolic OH excluding ortho intramolecular Hbond substituents is 3. The van der Waals surface area contributed by atoms with E-state index in [1.165, 1.54) is 0 Å². The lowest BCUT2D eigenvalue weighted by molar-refractivity contribution is 0.287. The van der Waals surface area contributed by atoms with Crippen LogP contribution in [-0.4, -0.2) is 27.0 Å². The predicted molar refractivity (Wildman–Crippen MR) is 46.8 cm³/mol. The summed E-state index contributed by atoms with van der Waals surface area (Å²) in [7, 11) is 0. The van der Waals surface area contributed by atoms with Crippen molar-refractivity contribution in [1.82, 2.24) is 0 Å². The third kappa shape index (κ3) is 2.26. The minimum absolute atomic E-state index is 0.000242. The summed E-state index contributed by atoms with van der Waals surface area (Å²) in [5.41, 5.74) is 0.354. The number of phenols is 3. The summed E-state index contributed by atoms with van der Waals surface area (Å²) in [6.07, 6.45) is 0.848. The Morgan fingerprint density at radius 1 is 1.00 bits per heavy atom. The summed E-state index contributed by atoms with van der Waals surface area (Å²) in [5, 5.41) is 36.1. The maximum absolute atomic E-state index is 9.30. The molecule has 1 aromatic carbocycles. The van der Waals surface area contributed by atoms with Crippen molar-refractivity contribution in [2.75, 3.05) is 6.61 Å². The van der Waals surface area contributed by atoms with E-state index in [1.807, 2.05) is 0 Å². The van der Waals surface area contributed by atoms with Crippen LogP contribution < -0.4 is 0 Å². The molecule has 0 fully saturated rings. The molecule has 0 aliphatic heterocycles. The van der Waals surface area contributed by atoms with Crippen LogP contribution in [0.25, 0.3) is 0 Å². The van der Waals surface area contributed by atoms with Gasteiger partial charge in [0.1, 0.15) is 17.2 Å². The van der Waals surface area contributed by atoms with Gasteiger partial charge in [-0.1, -0.05) is 0 Å². The molecule has 4 nitrogen and oxygen atoms in total. The normalized spacial score (nSPS) is 10.2. The molecule has 0 saturated heterocycles. The van der Waals surface area contributed by atoms with Gasteiger partial charge in [0.05, 0.1) is 0 Å². The second kappa shape index (κ2) is 4.00. The molecule has 0 aliphatic rings. The van der Waals surface area contributed by atoms with E-state index in [1.54, 1.807) is 0 Å². The molecule has 0 saturated carbocycles. The predicted octanol–water partition coefficient (Wildman–Crippen LogP) is 0.728. The monoisotopic (exact) mass is 184 g/mol. The molecule has 72 valence electrons. The van der Waals surface area contributed by atoms with Crippen LogP contribution in [0.5, 0.6) is 17.2 Å². The van der Waals surface area contributed by atoms with E-state index in [2.05, 4.69) is 0 Å². The van der Waals surface area contributed by atoms with Crippen LogP contribution in [0.2, 0.25) is 0 Å². The van der Waals surface area contributed by atoms with Gasteiger partial charge in [0, 0.05) is 24.3 Å². The molecule has 13 heavy (non-hydrogen) atoms. The maximum Gasteiger partial charge on any atom is 0.126 e. The number of hydrogen-bond acceptors (Lipinski definition) is 4. The van der Waals surface area contributed by atoms with Crippen molar-refractivity contribution in [3.05, 3.63) is 17.7 Å². The summed E-state index contributed by atoms with van der Waals surface area (Å²) in [6, 6.07) is 2.32. The highest BCUT2D eigenvalue weighted by atomic mass is 16.3. The van der Waals surface area contributed by atoms with Gasteiger partial charge in [-0.3, -0.25) is 0 Å². The first-order valence-corrected chi connectivity index (χ1v) is 4.00. The van der Waals surface area contributed by atoms with Crippen LogP contribution in [0, 0.1) is 0 Å². The Labute approximate surface area is 75.7 Å². The van der Waals surface area contributed by atoms with Gasteiger partial charge < -0.3 is 20.4 Å². The fourth-order valence-electron chi connectivity index (χ4n) is 1.14. The first-order chi connectivity index (χ1) is 6.15. The van der Waals surface area contributed by atoms with Crippen molar-refractivity contribution >= 4 is 0 Å². The van der Waals surface area contributed by atoms with Gasteiger partial charge in [0.15, 0.2) is 0 Å². The van der Waals surface area contributed by atoms with Crippen LogP contribution in [-0.2, 0) is 6.42 Å². The Bertz CT molecular complexity index is 273. The Morgan fingerprint density at radius 2 is 1.54 bits per heavy atom. The second-order valence-electron chi connectivity index (χ2n) is 2.79. The zero-order valence-electron chi connectivity index (χ0n) is 7.06. The molecule has 4 N–H and O–H groups in total. The summed E-state index contributed by atoms with van der Waals surface area (Å²) in [6.45, 7) is -0.000242. The van der Waals surface area contributed by atoms with E-state index in [0.717, 1.165) is 12.1 Å². The molecule has 0 atom stereocenters. The number of aromatic hydroxyl groups is 3. The topological polar surface area (TPSA) is 80.9 Å². The highest BCUT2D eigenvalue weighted by molar-refractivity contribution is 5.48. The second-order valence-corrected chi connectivity index (χ2v) is 2.79. The summed E-state index contributed by atoms with van der Waals surface area (Å²) < 4.78 is 0. The third-order valence-electron chi connectivity index (χ3n) is 1.77. The molecule has 0 spiro atoms. The molecule has 1 rings (SSSR count). The van der Waals surface area contributed by atoms with Crippen molar-refractivity contribution in [2.45, 2.75) is 12.8 Å². The minimum atomic E-state index is -0.178. The van der Waals surface area contributed by atoms with E-state index in [-0.39, 0.29) is 23.9 Å². The molecule has 0 heterocycles. The van der Waals surface area contributed by atoms with E-state index < -0.39 is 0 Å². The lowest BCUT2D eigenvalue weighted by Gasteiger charge is -2.06. The summed E-state index contributed by atoms with van der Waals surface area (Å²) in [4.78, 5) is 0. The van der Waals surface area contributed by atoms with Crippen molar-refractivity contribution in [2.24, 2.45) is 0 Å². The molecule has 1 aromatic rings. The Balaban J connectivity index is 2.92. The van der Waals surface area contributed by atoms with Gasteiger partial charge in [0.2, 0.25) is 0 Å². The van der Waals surface area contributed by atoms with Crippen molar-refractivity contribution in [3.8, 4) is 17.2 Å². The summed E-state index contributed by atoms with van der Waals surface area (Å²) in [5.74, 6) is -0.473. The Hall–Kier alpha value is -1.42. The number of aliphatic hydroxyl groups excluding tert-OH is 1. The van der Waals surface area contributed by atoms with Crippen LogP contribution in [0.15, 0.2) is 12.1 Å². The van der Waals surface area contributed by atoms with Gasteiger partial charge in [-0.25, -0.2) is 0 Å². The smallest absolute Gasteiger partial charge is 0.126 e. The average Bonchev–Trinajstić information content (AvgIpc) is 2.02. The number of rotatable bonds is 3. The first-order valence-electron chi connectivity index (χ1n) is 4.00. The third-order valence-corrected chi connectivity index (χ3v) is 1.77. The largest absolute Gasteiger partial charge is 0.508 e. The zero-order valence-corrected chi connectivity index (χ0v) is 7.06. The van der Waals surface area contributed by atoms with Crippen LogP contribution in [0.1, 0.15) is 12.0 Å². The van der Waals surface area contributed by atoms with Gasteiger partial charge in [-0.05, 0) is 12.8 Å². The lowest BCUT2D eigenvalue weighted by Crippen LogP contribution is -1.90. The SMILES string of the molecule is OCCCc1c(O)cc(O)cc1O. The van der Waals surface area contributed by atoms with Crippen LogP contribution in [0.3, 0.4) is 0 Å². The fraction of sp³-hybridized carbons (Fsp3) is 0.333. The van der Waals surface area contributed by atoms with Crippen molar-refractivity contribution < 1.29 is 20.4 Å². The quantitative estimate of drug-likeness (QED) is 0.558. The lowest BCUT2D eigenvalue weighted by atomic mass is 10.1. The van der Waals surface area contributed by atoms with E-state index in [0.29, 0.717) is 18.4 Å². The molecule has 0 unspecified atom stereocenters. The highest BCUT2D eigenvalue weighted by Gasteiger charge is 2.08. The maximum atomic E-state index is 9.30. The number of hydrogen-bond donors (Lipinski definition) is 4. The molecule has 0 amide bonds. The number of aliphatic hydroxyl groups is 1. The molecular formula is C9H12O4. The van der Waals surface area contributed by atoms with E-state index in [4.69, 9.17) is 10.2 Å². The van der Waals surface area contributed by atoms with E-state index >= 15 is 0 Å². The van der Waals surface area contributed by atoms with Gasteiger partial charge >= 0.3 is 0 Å². The number of benzene rings is 1. The van der Waals surface area contributed by atoms with E-state index in [9.17, 15) is 10.2 Å². The van der Waals surface area contributed by atoms with Crippen molar-refractivity contribution in [3.63, 3.8) is 0 Å². The minimum Gasteiger partial charge on any atom is -0.508 e. The van der Waals surface area contributed by atoms with Crippen molar-refractivity contribution in [1.29, 1.82) is 0 Å². The highest BCUT2D eigenvalue weighted by Crippen LogP contribution is 2.32. The molecule has 0 bridgehead atoms. The Morgan fingerprint density at radius 3 is 2.00 bits per heavy atom. The van der Waals surface area contributed by atoms with Gasteiger partial charge in [-0.2, -0.15) is 0 Å². The Kier molecular flexibility index (Phi) is 2.97. The molecule has 0 aromatic heterocycles. The van der Waals surface area contributed by atoms with Crippen LogP contribution in [0.4, 0.5) is 0 Å². The first kappa shape index (κ1) is 9.67. The molecule has 0 aliphatic carbocycles. The molecule has 4 heteroatoms.